The van der Waals surface area contributed by atoms with Crippen LogP contribution < -0.4 is 10.5 Å². The Hall–Kier alpha value is -3.07. The van der Waals surface area contributed by atoms with Crippen molar-refractivity contribution in [2.75, 3.05) is 26.2 Å². The van der Waals surface area contributed by atoms with Crippen LogP contribution in [0.15, 0.2) is 36.4 Å². The van der Waals surface area contributed by atoms with Gasteiger partial charge < -0.3 is 15.4 Å². The minimum atomic E-state index is -4.42. The van der Waals surface area contributed by atoms with E-state index in [0.29, 0.717) is 25.4 Å². The van der Waals surface area contributed by atoms with Crippen LogP contribution in [0.3, 0.4) is 0 Å². The van der Waals surface area contributed by atoms with Gasteiger partial charge in [0.2, 0.25) is 0 Å². The highest BCUT2D eigenvalue weighted by molar-refractivity contribution is 5.94. The molecule has 6 nitrogen and oxygen atoms in total. The molecule has 35 heavy (non-hydrogen) atoms. The lowest BCUT2D eigenvalue weighted by Crippen LogP contribution is -2.57. The van der Waals surface area contributed by atoms with Gasteiger partial charge in [-0.2, -0.15) is 13.2 Å². The summed E-state index contributed by atoms with van der Waals surface area (Å²) in [5.74, 6) is -0.113. The topological polar surface area (TPSA) is 75.9 Å². The summed E-state index contributed by atoms with van der Waals surface area (Å²) in [6.45, 7) is 5.62. The van der Waals surface area contributed by atoms with Crippen molar-refractivity contribution < 1.29 is 27.5 Å². The first-order chi connectivity index (χ1) is 16.6. The number of halogens is 3. The van der Waals surface area contributed by atoms with Gasteiger partial charge in [0.25, 0.3) is 11.8 Å². The van der Waals surface area contributed by atoms with Gasteiger partial charge in [0, 0.05) is 37.3 Å². The number of carbonyl (C=O) groups is 2. The van der Waals surface area contributed by atoms with Crippen molar-refractivity contribution in [2.45, 2.75) is 51.4 Å². The maximum absolute atomic E-state index is 13.0. The standard InChI is InChI=1S/C26H30F3N3O3/c1-16-17(2)23(35-15-24(30)33)11-10-21(16)22-5-3-4-20-14-31(12-13-32(20)22)25(34)18-6-8-19(9-7-18)26(27,28)29/h6-11,20,22H,3-5,12-15H2,1-2H3,(H2,30,33)/t20-,22+/m0/s1. The molecule has 2 atom stereocenters. The quantitative estimate of drug-likeness (QED) is 0.682. The average molecular weight is 490 g/mol. The number of hydrogen-bond donors (Lipinski definition) is 1. The Labute approximate surface area is 202 Å². The first-order valence-corrected chi connectivity index (χ1v) is 11.8. The van der Waals surface area contributed by atoms with Crippen LogP contribution in [0.1, 0.15) is 57.9 Å². The van der Waals surface area contributed by atoms with E-state index in [4.69, 9.17) is 10.5 Å². The lowest BCUT2D eigenvalue weighted by Gasteiger charge is -2.48. The van der Waals surface area contributed by atoms with Gasteiger partial charge in [0.15, 0.2) is 6.61 Å². The van der Waals surface area contributed by atoms with Crippen molar-refractivity contribution in [1.29, 1.82) is 0 Å². The van der Waals surface area contributed by atoms with Gasteiger partial charge >= 0.3 is 6.18 Å². The molecule has 2 amide bonds. The van der Waals surface area contributed by atoms with Crippen LogP contribution >= 0.6 is 0 Å². The fourth-order valence-electron chi connectivity index (χ4n) is 5.24. The van der Waals surface area contributed by atoms with Gasteiger partial charge in [-0.1, -0.05) is 6.07 Å². The molecule has 0 aliphatic carbocycles. The van der Waals surface area contributed by atoms with Gasteiger partial charge in [0.1, 0.15) is 5.75 Å². The minimum absolute atomic E-state index is 0.167. The number of ether oxygens (including phenoxy) is 1. The fourth-order valence-corrected chi connectivity index (χ4v) is 5.24. The second-order valence-electron chi connectivity index (χ2n) is 9.32. The summed E-state index contributed by atoms with van der Waals surface area (Å²) in [7, 11) is 0. The number of fused-ring (bicyclic) bond motifs is 1. The Morgan fingerprint density at radius 3 is 2.40 bits per heavy atom. The largest absolute Gasteiger partial charge is 0.484 e. The molecule has 2 fully saturated rings. The molecule has 2 aliphatic heterocycles. The van der Waals surface area contributed by atoms with Crippen LogP contribution in [-0.4, -0.2) is 53.9 Å². The van der Waals surface area contributed by atoms with Crippen LogP contribution in [0.4, 0.5) is 13.2 Å². The summed E-state index contributed by atoms with van der Waals surface area (Å²) in [5, 5.41) is 0. The van der Waals surface area contributed by atoms with Crippen molar-refractivity contribution in [3.63, 3.8) is 0 Å². The number of piperidine rings is 1. The molecule has 2 aromatic carbocycles. The normalized spacial score (nSPS) is 20.9. The fraction of sp³-hybridized carbons (Fsp3) is 0.462. The Balaban J connectivity index is 1.47. The molecule has 9 heteroatoms. The maximum atomic E-state index is 13.0. The van der Waals surface area contributed by atoms with E-state index < -0.39 is 17.6 Å². The van der Waals surface area contributed by atoms with Crippen LogP contribution in [0.2, 0.25) is 0 Å². The molecule has 2 heterocycles. The highest BCUT2D eigenvalue weighted by Gasteiger charge is 2.38. The summed E-state index contributed by atoms with van der Waals surface area (Å²) in [5.41, 5.74) is 8.01. The van der Waals surface area contributed by atoms with E-state index in [2.05, 4.69) is 11.8 Å². The Morgan fingerprint density at radius 1 is 1.03 bits per heavy atom. The first-order valence-electron chi connectivity index (χ1n) is 11.8. The van der Waals surface area contributed by atoms with E-state index in [1.54, 1.807) is 4.90 Å². The molecular weight excluding hydrogens is 459 g/mol. The summed E-state index contributed by atoms with van der Waals surface area (Å²) in [6, 6.07) is 8.77. The van der Waals surface area contributed by atoms with Crippen LogP contribution in [-0.2, 0) is 11.0 Å². The van der Waals surface area contributed by atoms with Crippen LogP contribution in [0.5, 0.6) is 5.75 Å². The van der Waals surface area contributed by atoms with Gasteiger partial charge in [-0.15, -0.1) is 0 Å². The molecule has 0 saturated carbocycles. The van der Waals surface area contributed by atoms with E-state index >= 15 is 0 Å². The number of nitrogens with two attached hydrogens (primary N) is 1. The predicted molar refractivity (Wildman–Crippen MR) is 125 cm³/mol. The lowest BCUT2D eigenvalue weighted by molar-refractivity contribution is -0.137. The Morgan fingerprint density at radius 2 is 1.74 bits per heavy atom. The molecular formula is C26H30F3N3O3. The Bertz CT molecular complexity index is 1100. The number of hydrogen-bond acceptors (Lipinski definition) is 4. The number of benzene rings is 2. The predicted octanol–water partition coefficient (Wildman–Crippen LogP) is 4.24. The Kier molecular flexibility index (Phi) is 7.07. The summed E-state index contributed by atoms with van der Waals surface area (Å²) in [4.78, 5) is 28.3. The molecule has 0 unspecified atom stereocenters. The van der Waals surface area contributed by atoms with Crippen molar-refractivity contribution in [2.24, 2.45) is 5.73 Å². The third kappa shape index (κ3) is 5.29. The van der Waals surface area contributed by atoms with Crippen molar-refractivity contribution in [1.82, 2.24) is 9.80 Å². The van der Waals surface area contributed by atoms with E-state index in [-0.39, 0.29) is 30.2 Å². The zero-order valence-corrected chi connectivity index (χ0v) is 19.9. The van der Waals surface area contributed by atoms with E-state index in [9.17, 15) is 22.8 Å². The first kappa shape index (κ1) is 25.0. The molecule has 0 radical (unpaired) electrons. The minimum Gasteiger partial charge on any atom is -0.484 e. The van der Waals surface area contributed by atoms with Gasteiger partial charge in [-0.25, -0.2) is 0 Å². The molecule has 2 aromatic rings. The number of primary amides is 1. The number of amides is 2. The number of rotatable bonds is 5. The van der Waals surface area contributed by atoms with Gasteiger partial charge in [0.05, 0.1) is 5.56 Å². The van der Waals surface area contributed by atoms with E-state index in [0.717, 1.165) is 42.5 Å². The molecule has 4 rings (SSSR count). The second-order valence-corrected chi connectivity index (χ2v) is 9.32. The SMILES string of the molecule is Cc1c(OCC(N)=O)ccc([C@H]2CCC[C@H]3CN(C(=O)c4ccc(C(F)(F)F)cc4)CCN32)c1C. The molecule has 188 valence electrons. The molecule has 0 spiro atoms. The highest BCUT2D eigenvalue weighted by Crippen LogP contribution is 2.39. The number of piperazine rings is 1. The van der Waals surface area contributed by atoms with Crippen molar-refractivity contribution >= 4 is 11.8 Å². The number of carbonyl (C=O) groups excluding carboxylic acids is 2. The summed E-state index contributed by atoms with van der Waals surface area (Å²) >= 11 is 0. The van der Waals surface area contributed by atoms with Crippen LogP contribution in [0, 0.1) is 13.8 Å². The van der Waals surface area contributed by atoms with Gasteiger partial charge in [-0.3, -0.25) is 14.5 Å². The average Bonchev–Trinajstić information content (AvgIpc) is 2.83. The van der Waals surface area contributed by atoms with E-state index in [1.807, 2.05) is 19.1 Å². The molecule has 2 N–H and O–H groups in total. The number of alkyl halides is 3. The van der Waals surface area contributed by atoms with E-state index in [1.165, 1.54) is 17.7 Å². The smallest absolute Gasteiger partial charge is 0.416 e. The van der Waals surface area contributed by atoms with Crippen molar-refractivity contribution in [3.05, 3.63) is 64.2 Å². The highest BCUT2D eigenvalue weighted by atomic mass is 19.4. The molecule has 2 saturated heterocycles. The van der Waals surface area contributed by atoms with Crippen molar-refractivity contribution in [3.8, 4) is 5.75 Å². The summed E-state index contributed by atoms with van der Waals surface area (Å²) < 4.78 is 44.1. The molecule has 2 aliphatic rings. The zero-order chi connectivity index (χ0) is 25.3. The third-order valence-corrected chi connectivity index (χ3v) is 7.20. The molecule has 0 bridgehead atoms. The monoisotopic (exact) mass is 489 g/mol. The maximum Gasteiger partial charge on any atom is 0.416 e. The number of nitrogens with zero attached hydrogens (tertiary/aromatic N) is 2. The second kappa shape index (κ2) is 9.89. The van der Waals surface area contributed by atoms with Crippen LogP contribution in [0.25, 0.3) is 0 Å². The molecule has 0 aromatic heterocycles. The van der Waals surface area contributed by atoms with Gasteiger partial charge in [-0.05, 0) is 80.1 Å². The zero-order valence-electron chi connectivity index (χ0n) is 19.9. The third-order valence-electron chi connectivity index (χ3n) is 7.20. The lowest BCUT2D eigenvalue weighted by atomic mass is 9.86. The summed E-state index contributed by atoms with van der Waals surface area (Å²) in [6.07, 6.45) is -1.43.